The monoisotopic (exact) mass is 332 g/mol. The van der Waals surface area contributed by atoms with Gasteiger partial charge in [-0.2, -0.15) is 0 Å². The average molecular weight is 333 g/mol. The summed E-state index contributed by atoms with van der Waals surface area (Å²) in [7, 11) is 0. The van der Waals surface area contributed by atoms with Crippen LogP contribution in [0.4, 0.5) is 10.3 Å². The van der Waals surface area contributed by atoms with Crippen molar-refractivity contribution in [1.29, 1.82) is 0 Å². The van der Waals surface area contributed by atoms with Crippen LogP contribution in [-0.2, 0) is 0 Å². The number of halogens is 1. The van der Waals surface area contributed by atoms with Gasteiger partial charge in [0, 0.05) is 5.56 Å². The number of rotatable bonds is 1. The molecule has 4 N–H and O–H groups in total. The lowest BCUT2D eigenvalue weighted by molar-refractivity contribution is 1.47. The SMILES string of the molecule is Nc1nc2c(Cl)c3nc(N)sc3c(-c3ccccc3)c2s1. The van der Waals surface area contributed by atoms with E-state index in [-0.39, 0.29) is 0 Å². The van der Waals surface area contributed by atoms with Gasteiger partial charge in [-0.15, -0.1) is 0 Å². The summed E-state index contributed by atoms with van der Waals surface area (Å²) in [6.07, 6.45) is 0. The van der Waals surface area contributed by atoms with Gasteiger partial charge >= 0.3 is 0 Å². The third kappa shape index (κ3) is 1.87. The highest BCUT2D eigenvalue weighted by Crippen LogP contribution is 2.46. The van der Waals surface area contributed by atoms with Crippen LogP contribution in [0.15, 0.2) is 30.3 Å². The second-order valence-electron chi connectivity index (χ2n) is 4.51. The molecule has 0 bridgehead atoms. The molecule has 0 atom stereocenters. The molecule has 0 spiro atoms. The quantitative estimate of drug-likeness (QED) is 0.542. The van der Waals surface area contributed by atoms with Gasteiger partial charge in [-0.1, -0.05) is 64.6 Å². The Morgan fingerprint density at radius 3 is 1.90 bits per heavy atom. The second kappa shape index (κ2) is 4.56. The largest absolute Gasteiger partial charge is 0.375 e. The van der Waals surface area contributed by atoms with E-state index in [9.17, 15) is 0 Å². The Labute approximate surface area is 133 Å². The average Bonchev–Trinajstić information content (AvgIpc) is 3.03. The number of nitrogens with zero attached hydrogens (tertiary/aromatic N) is 2. The molecule has 4 nitrogen and oxygen atoms in total. The number of thiazole rings is 2. The van der Waals surface area contributed by atoms with Gasteiger partial charge in [0.2, 0.25) is 0 Å². The summed E-state index contributed by atoms with van der Waals surface area (Å²) in [6, 6.07) is 10.1. The highest BCUT2D eigenvalue weighted by atomic mass is 35.5. The molecule has 0 aliphatic rings. The van der Waals surface area contributed by atoms with Gasteiger partial charge < -0.3 is 11.5 Å². The Morgan fingerprint density at radius 1 is 0.857 bits per heavy atom. The molecule has 0 saturated carbocycles. The van der Waals surface area contributed by atoms with E-state index in [0.29, 0.717) is 26.3 Å². The third-order valence-electron chi connectivity index (χ3n) is 3.22. The minimum atomic E-state index is 0.495. The Balaban J connectivity index is 2.26. The van der Waals surface area contributed by atoms with Crippen LogP contribution >= 0.6 is 34.3 Å². The first-order valence-corrected chi connectivity index (χ1v) is 8.15. The lowest BCUT2D eigenvalue weighted by Gasteiger charge is -2.05. The molecule has 0 radical (unpaired) electrons. The first-order valence-electron chi connectivity index (χ1n) is 6.14. The molecule has 0 aliphatic carbocycles. The van der Waals surface area contributed by atoms with Crippen molar-refractivity contribution < 1.29 is 0 Å². The molecule has 4 aromatic rings. The highest BCUT2D eigenvalue weighted by Gasteiger charge is 2.20. The fraction of sp³-hybridized carbons (Fsp3) is 0. The molecule has 2 heterocycles. The Kier molecular flexibility index (Phi) is 2.78. The summed E-state index contributed by atoms with van der Waals surface area (Å²) in [5.74, 6) is 0. The minimum absolute atomic E-state index is 0.495. The van der Waals surface area contributed by atoms with Gasteiger partial charge in [-0.3, -0.25) is 0 Å². The van der Waals surface area contributed by atoms with Crippen LogP contribution in [0.3, 0.4) is 0 Å². The zero-order valence-electron chi connectivity index (χ0n) is 10.6. The fourth-order valence-electron chi connectivity index (χ4n) is 2.39. The molecule has 0 saturated heterocycles. The Morgan fingerprint density at radius 2 is 1.38 bits per heavy atom. The highest BCUT2D eigenvalue weighted by molar-refractivity contribution is 7.25. The third-order valence-corrected chi connectivity index (χ3v) is 5.38. The minimum Gasteiger partial charge on any atom is -0.375 e. The van der Waals surface area contributed by atoms with Crippen molar-refractivity contribution in [2.24, 2.45) is 0 Å². The number of aromatic nitrogens is 2. The van der Waals surface area contributed by atoms with E-state index in [1.165, 1.54) is 22.7 Å². The van der Waals surface area contributed by atoms with Crippen molar-refractivity contribution in [3.63, 3.8) is 0 Å². The Bertz CT molecular complexity index is 917. The number of nitrogens with two attached hydrogens (primary N) is 2. The molecular weight excluding hydrogens is 324 g/mol. The predicted octanol–water partition coefficient (Wildman–Crippen LogP) is 4.39. The van der Waals surface area contributed by atoms with Crippen molar-refractivity contribution >= 4 is 65.0 Å². The number of fused-ring (bicyclic) bond motifs is 2. The van der Waals surface area contributed by atoms with E-state index in [4.69, 9.17) is 23.1 Å². The number of benzene rings is 2. The topological polar surface area (TPSA) is 77.8 Å². The van der Waals surface area contributed by atoms with Crippen molar-refractivity contribution in [1.82, 2.24) is 9.97 Å². The normalized spacial score (nSPS) is 11.5. The Hall–Kier alpha value is -1.89. The zero-order chi connectivity index (χ0) is 14.6. The van der Waals surface area contributed by atoms with Gasteiger partial charge in [0.25, 0.3) is 0 Å². The molecule has 0 fully saturated rings. The van der Waals surface area contributed by atoms with Crippen molar-refractivity contribution in [3.8, 4) is 11.1 Å². The summed E-state index contributed by atoms with van der Waals surface area (Å²) in [4.78, 5) is 8.69. The van der Waals surface area contributed by atoms with Gasteiger partial charge in [-0.25, -0.2) is 9.97 Å². The first kappa shape index (κ1) is 12.8. The van der Waals surface area contributed by atoms with E-state index in [1.807, 2.05) is 30.3 Å². The van der Waals surface area contributed by atoms with Gasteiger partial charge in [-0.05, 0) is 5.56 Å². The lowest BCUT2D eigenvalue weighted by Crippen LogP contribution is -1.84. The van der Waals surface area contributed by atoms with Gasteiger partial charge in [0.1, 0.15) is 11.0 Å². The van der Waals surface area contributed by atoms with Crippen LogP contribution in [0.25, 0.3) is 31.6 Å². The number of hydrogen-bond acceptors (Lipinski definition) is 6. The molecule has 2 aromatic heterocycles. The smallest absolute Gasteiger partial charge is 0.181 e. The second-order valence-corrected chi connectivity index (χ2v) is 6.95. The molecule has 4 rings (SSSR count). The number of nitrogen functional groups attached to an aromatic ring is 2. The molecule has 0 aliphatic heterocycles. The lowest BCUT2D eigenvalue weighted by atomic mass is 10.0. The van der Waals surface area contributed by atoms with E-state index < -0.39 is 0 Å². The summed E-state index contributed by atoms with van der Waals surface area (Å²) < 4.78 is 1.94. The molecule has 2 aromatic carbocycles. The summed E-state index contributed by atoms with van der Waals surface area (Å²) in [5.41, 5.74) is 15.3. The maximum Gasteiger partial charge on any atom is 0.181 e. The standard InChI is InChI=1S/C14H9ClN4S2/c15-8-9-11(20-13(16)18-9)7(6-4-2-1-3-5-6)12-10(8)19-14(17)21-12/h1-5H,(H2,16,18)(H2,17,19). The van der Waals surface area contributed by atoms with Crippen LogP contribution in [0.5, 0.6) is 0 Å². The van der Waals surface area contributed by atoms with E-state index >= 15 is 0 Å². The van der Waals surface area contributed by atoms with E-state index in [2.05, 4.69) is 9.97 Å². The molecular formula is C14H9ClN4S2. The summed E-state index contributed by atoms with van der Waals surface area (Å²) in [6.45, 7) is 0. The summed E-state index contributed by atoms with van der Waals surface area (Å²) >= 11 is 9.30. The summed E-state index contributed by atoms with van der Waals surface area (Å²) in [5, 5.41) is 1.50. The molecule has 0 unspecified atom stereocenters. The van der Waals surface area contributed by atoms with Crippen molar-refractivity contribution in [3.05, 3.63) is 35.4 Å². The van der Waals surface area contributed by atoms with Gasteiger partial charge in [0.15, 0.2) is 10.3 Å². The van der Waals surface area contributed by atoms with Crippen LogP contribution in [-0.4, -0.2) is 9.97 Å². The molecule has 21 heavy (non-hydrogen) atoms. The molecule has 104 valence electrons. The van der Waals surface area contributed by atoms with Gasteiger partial charge in [0.05, 0.1) is 14.4 Å². The van der Waals surface area contributed by atoms with Crippen molar-refractivity contribution in [2.45, 2.75) is 0 Å². The first-order chi connectivity index (χ1) is 10.1. The van der Waals surface area contributed by atoms with E-state index in [1.54, 1.807) is 0 Å². The van der Waals surface area contributed by atoms with Crippen molar-refractivity contribution in [2.75, 3.05) is 11.5 Å². The van der Waals surface area contributed by atoms with Crippen LogP contribution in [0.1, 0.15) is 0 Å². The number of anilines is 2. The fourth-order valence-corrected chi connectivity index (χ4v) is 4.67. The van der Waals surface area contributed by atoms with Crippen LogP contribution in [0, 0.1) is 0 Å². The molecule has 0 amide bonds. The number of hydrogen-bond donors (Lipinski definition) is 2. The van der Waals surface area contributed by atoms with Crippen LogP contribution in [0.2, 0.25) is 5.02 Å². The van der Waals surface area contributed by atoms with E-state index in [0.717, 1.165) is 20.5 Å². The maximum atomic E-state index is 6.44. The zero-order valence-corrected chi connectivity index (χ0v) is 13.0. The van der Waals surface area contributed by atoms with Crippen LogP contribution < -0.4 is 11.5 Å². The predicted molar refractivity (Wildman–Crippen MR) is 92.1 cm³/mol. The molecule has 7 heteroatoms. The maximum absolute atomic E-state index is 6.44.